The molecule has 0 unspecified atom stereocenters. The highest BCUT2D eigenvalue weighted by Gasteiger charge is 2.09. The summed E-state index contributed by atoms with van der Waals surface area (Å²) in [5.41, 5.74) is 1.03. The lowest BCUT2D eigenvalue weighted by atomic mass is 10.2. The average molecular weight is 450 g/mol. The Morgan fingerprint density at radius 3 is 2.54 bits per heavy atom. The molecule has 0 amide bonds. The third-order valence-corrected chi connectivity index (χ3v) is 3.89. The number of nitrogens with one attached hydrogen (secondary N) is 2. The first-order valence-electron chi connectivity index (χ1n) is 8.27. The van der Waals surface area contributed by atoms with Gasteiger partial charge in [-0.2, -0.15) is 0 Å². The van der Waals surface area contributed by atoms with Crippen molar-refractivity contribution in [2.45, 2.75) is 19.4 Å². The second-order valence-electron chi connectivity index (χ2n) is 5.64. The molecule has 1 aromatic rings. The molecule has 7 heteroatoms. The van der Waals surface area contributed by atoms with Gasteiger partial charge in [0.2, 0.25) is 0 Å². The predicted molar refractivity (Wildman–Crippen MR) is 107 cm³/mol. The van der Waals surface area contributed by atoms with Crippen LogP contribution in [0.2, 0.25) is 0 Å². The lowest BCUT2D eigenvalue weighted by Crippen LogP contribution is -2.38. The summed E-state index contributed by atoms with van der Waals surface area (Å²) < 4.78 is 18.2. The third kappa shape index (κ3) is 8.25. The van der Waals surface area contributed by atoms with Crippen molar-refractivity contribution in [2.75, 3.05) is 46.4 Å². The summed E-state index contributed by atoms with van der Waals surface area (Å²) in [6.45, 7) is 6.48. The van der Waals surface area contributed by atoms with E-state index in [4.69, 9.17) is 4.74 Å². The zero-order valence-electron chi connectivity index (χ0n) is 14.3. The number of benzene rings is 1. The van der Waals surface area contributed by atoms with Crippen LogP contribution in [0.3, 0.4) is 0 Å². The molecule has 0 saturated carbocycles. The van der Waals surface area contributed by atoms with Crippen LogP contribution in [0.15, 0.2) is 29.3 Å². The number of hydrogen-bond donors (Lipinski definition) is 2. The van der Waals surface area contributed by atoms with Gasteiger partial charge >= 0.3 is 0 Å². The van der Waals surface area contributed by atoms with Gasteiger partial charge in [-0.3, -0.25) is 9.89 Å². The minimum atomic E-state index is -0.212. The average Bonchev–Trinajstić information content (AvgIpc) is 2.59. The number of nitrogens with zero attached hydrogens (tertiary/aromatic N) is 2. The van der Waals surface area contributed by atoms with Crippen molar-refractivity contribution >= 4 is 29.9 Å². The molecular formula is C17H28FIN4O. The van der Waals surface area contributed by atoms with E-state index in [1.807, 2.05) is 0 Å². The molecule has 0 spiro atoms. The van der Waals surface area contributed by atoms with Crippen molar-refractivity contribution in [1.29, 1.82) is 0 Å². The highest BCUT2D eigenvalue weighted by molar-refractivity contribution is 14.0. The van der Waals surface area contributed by atoms with Crippen molar-refractivity contribution in [1.82, 2.24) is 15.5 Å². The first-order valence-corrected chi connectivity index (χ1v) is 8.27. The summed E-state index contributed by atoms with van der Waals surface area (Å²) in [5.74, 6) is 0.567. The highest BCUT2D eigenvalue weighted by Crippen LogP contribution is 2.02. The van der Waals surface area contributed by atoms with E-state index in [1.165, 1.54) is 18.6 Å². The fraction of sp³-hybridized carbons (Fsp3) is 0.588. The van der Waals surface area contributed by atoms with Gasteiger partial charge in [0.05, 0.1) is 13.2 Å². The topological polar surface area (TPSA) is 48.9 Å². The van der Waals surface area contributed by atoms with Crippen molar-refractivity contribution < 1.29 is 9.13 Å². The summed E-state index contributed by atoms with van der Waals surface area (Å²) in [6.07, 6.45) is 2.27. The molecule has 136 valence electrons. The Hall–Kier alpha value is -0.930. The van der Waals surface area contributed by atoms with E-state index in [0.717, 1.165) is 57.3 Å². The van der Waals surface area contributed by atoms with Crippen LogP contribution in [-0.4, -0.2) is 57.3 Å². The Morgan fingerprint density at radius 1 is 1.17 bits per heavy atom. The van der Waals surface area contributed by atoms with Crippen LogP contribution in [0.4, 0.5) is 4.39 Å². The summed E-state index contributed by atoms with van der Waals surface area (Å²) in [7, 11) is 1.76. The lowest BCUT2D eigenvalue weighted by Gasteiger charge is -2.26. The van der Waals surface area contributed by atoms with Gasteiger partial charge in [-0.25, -0.2) is 4.39 Å². The van der Waals surface area contributed by atoms with Crippen molar-refractivity contribution in [3.8, 4) is 0 Å². The molecule has 1 aliphatic heterocycles. The Labute approximate surface area is 161 Å². The van der Waals surface area contributed by atoms with Crippen molar-refractivity contribution in [3.05, 3.63) is 35.6 Å². The molecule has 2 rings (SSSR count). The third-order valence-electron chi connectivity index (χ3n) is 3.89. The van der Waals surface area contributed by atoms with Gasteiger partial charge in [-0.15, -0.1) is 24.0 Å². The summed E-state index contributed by atoms with van der Waals surface area (Å²) in [5, 5.41) is 6.55. The molecule has 1 fully saturated rings. The molecule has 0 atom stereocenters. The number of aliphatic imine (C=N–C) groups is 1. The van der Waals surface area contributed by atoms with Gasteiger partial charge in [-0.1, -0.05) is 12.1 Å². The second kappa shape index (κ2) is 12.4. The van der Waals surface area contributed by atoms with E-state index in [1.54, 1.807) is 19.2 Å². The van der Waals surface area contributed by atoms with E-state index in [9.17, 15) is 4.39 Å². The fourth-order valence-corrected chi connectivity index (χ4v) is 2.50. The molecule has 0 radical (unpaired) electrons. The number of unbranched alkanes of at least 4 members (excludes halogenated alkanes) is 1. The fourth-order valence-electron chi connectivity index (χ4n) is 2.50. The molecule has 0 bridgehead atoms. The molecule has 2 N–H and O–H groups in total. The Bertz CT molecular complexity index is 478. The van der Waals surface area contributed by atoms with Crippen LogP contribution in [-0.2, 0) is 11.3 Å². The van der Waals surface area contributed by atoms with Crippen LogP contribution < -0.4 is 10.6 Å². The van der Waals surface area contributed by atoms with E-state index >= 15 is 0 Å². The van der Waals surface area contributed by atoms with Gasteiger partial charge in [0.25, 0.3) is 0 Å². The zero-order valence-corrected chi connectivity index (χ0v) is 16.6. The Balaban J connectivity index is 0.00000288. The van der Waals surface area contributed by atoms with Crippen LogP contribution in [0.1, 0.15) is 18.4 Å². The van der Waals surface area contributed by atoms with Crippen LogP contribution in [0, 0.1) is 5.82 Å². The van der Waals surface area contributed by atoms with E-state index in [0.29, 0.717) is 6.54 Å². The second-order valence-corrected chi connectivity index (χ2v) is 5.64. The number of hydrogen-bond acceptors (Lipinski definition) is 3. The number of halogens is 2. The van der Waals surface area contributed by atoms with Gasteiger partial charge < -0.3 is 15.4 Å². The molecule has 1 heterocycles. The summed E-state index contributed by atoms with van der Waals surface area (Å²) in [4.78, 5) is 6.65. The van der Waals surface area contributed by atoms with Crippen LogP contribution >= 0.6 is 24.0 Å². The molecule has 1 aliphatic rings. The molecular weight excluding hydrogens is 422 g/mol. The maximum Gasteiger partial charge on any atom is 0.191 e. The standard InChI is InChI=1S/C17H27FN4O.HI/c1-19-17(21-14-15-4-6-16(18)7-5-15)20-8-2-3-9-22-10-12-23-13-11-22;/h4-7H,2-3,8-14H2,1H3,(H2,19,20,21);1H. The zero-order chi connectivity index (χ0) is 16.3. The van der Waals surface area contributed by atoms with Crippen LogP contribution in [0.5, 0.6) is 0 Å². The minimum absolute atomic E-state index is 0. The smallest absolute Gasteiger partial charge is 0.191 e. The minimum Gasteiger partial charge on any atom is -0.379 e. The van der Waals surface area contributed by atoms with Crippen molar-refractivity contribution in [2.24, 2.45) is 4.99 Å². The highest BCUT2D eigenvalue weighted by atomic mass is 127. The first-order chi connectivity index (χ1) is 11.3. The van der Waals surface area contributed by atoms with E-state index in [-0.39, 0.29) is 29.8 Å². The monoisotopic (exact) mass is 450 g/mol. The largest absolute Gasteiger partial charge is 0.379 e. The lowest BCUT2D eigenvalue weighted by molar-refractivity contribution is 0.0372. The summed E-state index contributed by atoms with van der Waals surface area (Å²) >= 11 is 0. The van der Waals surface area contributed by atoms with Gasteiger partial charge in [0.15, 0.2) is 5.96 Å². The number of ether oxygens (including phenoxy) is 1. The SMILES string of the molecule is CN=C(NCCCCN1CCOCC1)NCc1ccc(F)cc1.I. The van der Waals surface area contributed by atoms with Crippen molar-refractivity contribution in [3.63, 3.8) is 0 Å². The predicted octanol–water partition coefficient (Wildman–Crippen LogP) is 2.22. The quantitative estimate of drug-likeness (QED) is 0.290. The molecule has 1 aromatic carbocycles. The van der Waals surface area contributed by atoms with Crippen LogP contribution in [0.25, 0.3) is 0 Å². The number of guanidine groups is 1. The number of rotatable bonds is 7. The van der Waals surface area contributed by atoms with Gasteiger partial charge in [0.1, 0.15) is 5.82 Å². The van der Waals surface area contributed by atoms with Gasteiger partial charge in [0, 0.05) is 33.2 Å². The van der Waals surface area contributed by atoms with E-state index in [2.05, 4.69) is 20.5 Å². The Kier molecular flexibility index (Phi) is 10.9. The molecule has 0 aromatic heterocycles. The van der Waals surface area contributed by atoms with Gasteiger partial charge in [-0.05, 0) is 37.1 Å². The molecule has 24 heavy (non-hydrogen) atoms. The Morgan fingerprint density at radius 2 is 1.88 bits per heavy atom. The molecule has 0 aliphatic carbocycles. The molecule has 5 nitrogen and oxygen atoms in total. The maximum absolute atomic E-state index is 12.9. The summed E-state index contributed by atoms with van der Waals surface area (Å²) in [6, 6.07) is 6.49. The molecule has 1 saturated heterocycles. The number of morpholine rings is 1. The first kappa shape index (κ1) is 21.1. The van der Waals surface area contributed by atoms with E-state index < -0.39 is 0 Å². The normalized spacial score (nSPS) is 15.7. The maximum atomic E-state index is 12.9.